The summed E-state index contributed by atoms with van der Waals surface area (Å²) in [6, 6.07) is 4.80. The molecule has 2 aromatic rings. The predicted octanol–water partition coefficient (Wildman–Crippen LogP) is 2.00. The Kier molecular flexibility index (Phi) is 3.61. The number of rotatable bonds is 4. The fourth-order valence-corrected chi connectivity index (χ4v) is 3.37. The summed E-state index contributed by atoms with van der Waals surface area (Å²) < 4.78 is 31.4. The van der Waals surface area contributed by atoms with Crippen LogP contribution in [0.3, 0.4) is 0 Å². The number of aryl methyl sites for hydroxylation is 2. The fourth-order valence-electron chi connectivity index (χ4n) is 1.91. The van der Waals surface area contributed by atoms with E-state index in [0.717, 1.165) is 5.56 Å². The molecule has 5 nitrogen and oxygen atoms in total. The zero-order valence-corrected chi connectivity index (χ0v) is 11.9. The number of nitrogens with zero attached hydrogens (tertiary/aromatic N) is 2. The van der Waals surface area contributed by atoms with Crippen molar-refractivity contribution in [3.63, 3.8) is 0 Å². The average Bonchev–Trinajstić information content (AvgIpc) is 2.87. The summed E-state index contributed by atoms with van der Waals surface area (Å²) >= 11 is 0. The lowest BCUT2D eigenvalue weighted by molar-refractivity contribution is 0.411. The van der Waals surface area contributed by atoms with Gasteiger partial charge < -0.3 is 4.74 Å². The van der Waals surface area contributed by atoms with Crippen LogP contribution in [-0.4, -0.2) is 24.5 Å². The molecular weight excluding hydrogens is 264 g/mol. The smallest absolute Gasteiger partial charge is 0.269 e. The number of imidazole rings is 1. The van der Waals surface area contributed by atoms with Crippen LogP contribution in [0.15, 0.2) is 35.5 Å². The van der Waals surface area contributed by atoms with Crippen LogP contribution in [0.1, 0.15) is 18.3 Å². The Bertz CT molecular complexity index is 690. The standard InChI is InChI=1S/C13H16N2O3S/c1-4-13-14-7-8-15(13)19(16,17)11-5-6-12(18-3)10(2)9-11/h5-9H,4H2,1-3H3. The molecule has 0 aliphatic heterocycles. The summed E-state index contributed by atoms with van der Waals surface area (Å²) in [7, 11) is -2.03. The van der Waals surface area contributed by atoms with Gasteiger partial charge >= 0.3 is 0 Å². The molecule has 0 saturated carbocycles. The van der Waals surface area contributed by atoms with Gasteiger partial charge in [-0.05, 0) is 30.7 Å². The third-order valence-electron chi connectivity index (χ3n) is 2.92. The van der Waals surface area contributed by atoms with Crippen LogP contribution in [0.25, 0.3) is 0 Å². The highest BCUT2D eigenvalue weighted by Gasteiger charge is 2.20. The molecule has 0 amide bonds. The van der Waals surface area contributed by atoms with Crippen LogP contribution < -0.4 is 4.74 Å². The Morgan fingerprint density at radius 1 is 1.37 bits per heavy atom. The summed E-state index contributed by atoms with van der Waals surface area (Å²) in [4.78, 5) is 4.28. The van der Waals surface area contributed by atoms with Gasteiger partial charge in [-0.2, -0.15) is 0 Å². The third-order valence-corrected chi connectivity index (χ3v) is 4.62. The van der Waals surface area contributed by atoms with Crippen LogP contribution >= 0.6 is 0 Å². The monoisotopic (exact) mass is 280 g/mol. The molecule has 0 bridgehead atoms. The van der Waals surface area contributed by atoms with Crippen molar-refractivity contribution in [2.75, 3.05) is 7.11 Å². The molecule has 0 aliphatic carbocycles. The second-order valence-corrected chi connectivity index (χ2v) is 5.94. The minimum absolute atomic E-state index is 0.235. The first kappa shape index (κ1) is 13.6. The normalized spacial score (nSPS) is 11.5. The van der Waals surface area contributed by atoms with Gasteiger partial charge in [-0.25, -0.2) is 17.4 Å². The summed E-state index contributed by atoms with van der Waals surface area (Å²) in [6.45, 7) is 3.68. The van der Waals surface area contributed by atoms with Crippen molar-refractivity contribution in [3.8, 4) is 5.75 Å². The second kappa shape index (κ2) is 5.05. The van der Waals surface area contributed by atoms with Crippen LogP contribution in [0.4, 0.5) is 0 Å². The van der Waals surface area contributed by atoms with Gasteiger partial charge in [0.05, 0.1) is 12.0 Å². The zero-order valence-electron chi connectivity index (χ0n) is 11.1. The van der Waals surface area contributed by atoms with E-state index in [1.165, 1.54) is 16.4 Å². The second-order valence-electron chi connectivity index (χ2n) is 4.13. The highest BCUT2D eigenvalue weighted by molar-refractivity contribution is 7.90. The maximum Gasteiger partial charge on any atom is 0.269 e. The Morgan fingerprint density at radius 3 is 2.68 bits per heavy atom. The predicted molar refractivity (Wildman–Crippen MR) is 71.9 cm³/mol. The number of aromatic nitrogens is 2. The number of hydrogen-bond donors (Lipinski definition) is 0. The van der Waals surface area contributed by atoms with Gasteiger partial charge in [0, 0.05) is 18.8 Å². The topological polar surface area (TPSA) is 61.2 Å². The molecule has 0 radical (unpaired) electrons. The van der Waals surface area contributed by atoms with Crippen LogP contribution in [0, 0.1) is 6.92 Å². The van der Waals surface area contributed by atoms with E-state index in [2.05, 4.69) is 4.98 Å². The number of benzene rings is 1. The van der Waals surface area contributed by atoms with E-state index in [4.69, 9.17) is 4.74 Å². The highest BCUT2D eigenvalue weighted by atomic mass is 32.2. The molecule has 1 aromatic heterocycles. The van der Waals surface area contributed by atoms with E-state index in [1.54, 1.807) is 25.3 Å². The molecule has 19 heavy (non-hydrogen) atoms. The summed E-state index contributed by atoms with van der Waals surface area (Å²) in [6.07, 6.45) is 3.52. The van der Waals surface area contributed by atoms with Crippen LogP contribution in [0.5, 0.6) is 5.75 Å². The zero-order chi connectivity index (χ0) is 14.0. The molecule has 0 fully saturated rings. The van der Waals surface area contributed by atoms with Gasteiger partial charge in [-0.3, -0.25) is 0 Å². The van der Waals surface area contributed by atoms with E-state index in [-0.39, 0.29) is 4.90 Å². The molecule has 0 spiro atoms. The molecule has 0 saturated heterocycles. The largest absolute Gasteiger partial charge is 0.496 e. The third kappa shape index (κ3) is 2.35. The van der Waals surface area contributed by atoms with Crippen molar-refractivity contribution in [1.82, 2.24) is 8.96 Å². The highest BCUT2D eigenvalue weighted by Crippen LogP contribution is 2.23. The number of ether oxygens (including phenoxy) is 1. The average molecular weight is 280 g/mol. The van der Waals surface area contributed by atoms with Crippen molar-refractivity contribution < 1.29 is 13.2 Å². The fraction of sp³-hybridized carbons (Fsp3) is 0.308. The van der Waals surface area contributed by atoms with Gasteiger partial charge in [0.15, 0.2) is 0 Å². The molecule has 0 atom stereocenters. The van der Waals surface area contributed by atoms with Crippen LogP contribution in [0.2, 0.25) is 0 Å². The molecule has 1 heterocycles. The van der Waals surface area contributed by atoms with Crippen molar-refractivity contribution in [2.45, 2.75) is 25.2 Å². The van der Waals surface area contributed by atoms with Gasteiger partial charge in [0.2, 0.25) is 0 Å². The van der Waals surface area contributed by atoms with E-state index in [1.807, 2.05) is 13.8 Å². The number of methoxy groups -OCH3 is 1. The molecule has 0 N–H and O–H groups in total. The maximum absolute atomic E-state index is 12.5. The Hall–Kier alpha value is -1.82. The van der Waals surface area contributed by atoms with E-state index in [9.17, 15) is 8.42 Å². The quantitative estimate of drug-likeness (QED) is 0.859. The van der Waals surface area contributed by atoms with Crippen molar-refractivity contribution >= 4 is 10.0 Å². The van der Waals surface area contributed by atoms with Crippen molar-refractivity contribution in [1.29, 1.82) is 0 Å². The first-order valence-corrected chi connectivity index (χ1v) is 7.37. The molecule has 1 aromatic carbocycles. The van der Waals surface area contributed by atoms with Gasteiger partial charge in [0.1, 0.15) is 11.6 Å². The Balaban J connectivity index is 2.54. The molecule has 0 unspecified atom stereocenters. The van der Waals surface area contributed by atoms with Crippen LogP contribution in [-0.2, 0) is 16.4 Å². The lowest BCUT2D eigenvalue weighted by Gasteiger charge is -2.10. The van der Waals surface area contributed by atoms with Crippen molar-refractivity contribution in [2.24, 2.45) is 0 Å². The maximum atomic E-state index is 12.5. The van der Waals surface area contributed by atoms with E-state index < -0.39 is 10.0 Å². The summed E-state index contributed by atoms with van der Waals surface area (Å²) in [5.41, 5.74) is 0.779. The lowest BCUT2D eigenvalue weighted by Crippen LogP contribution is -2.15. The first-order chi connectivity index (χ1) is 9.00. The molecule has 102 valence electrons. The minimum Gasteiger partial charge on any atom is -0.496 e. The molecular formula is C13H16N2O3S. The molecule has 6 heteroatoms. The molecule has 2 rings (SSSR count). The molecule has 0 aliphatic rings. The Labute approximate surface area is 112 Å². The van der Waals surface area contributed by atoms with E-state index in [0.29, 0.717) is 18.0 Å². The lowest BCUT2D eigenvalue weighted by atomic mass is 10.2. The summed E-state index contributed by atoms with van der Waals surface area (Å²) in [5, 5.41) is 0. The van der Waals surface area contributed by atoms with Gasteiger partial charge in [-0.1, -0.05) is 6.92 Å². The summed E-state index contributed by atoms with van der Waals surface area (Å²) in [5.74, 6) is 1.19. The minimum atomic E-state index is -3.59. The van der Waals surface area contributed by atoms with E-state index >= 15 is 0 Å². The SMILES string of the molecule is CCc1nccn1S(=O)(=O)c1ccc(OC)c(C)c1. The Morgan fingerprint density at radius 2 is 2.11 bits per heavy atom. The van der Waals surface area contributed by atoms with Crippen molar-refractivity contribution in [3.05, 3.63) is 42.0 Å². The number of hydrogen-bond acceptors (Lipinski definition) is 4. The van der Waals surface area contributed by atoms with Gasteiger partial charge in [0.25, 0.3) is 10.0 Å². The van der Waals surface area contributed by atoms with Gasteiger partial charge in [-0.15, -0.1) is 0 Å². The first-order valence-electron chi connectivity index (χ1n) is 5.93.